The van der Waals surface area contributed by atoms with Crippen LogP contribution in [0.2, 0.25) is 0 Å². The number of carbonyl (C=O) groups excluding carboxylic acids is 1. The van der Waals surface area contributed by atoms with Gasteiger partial charge < -0.3 is 15.2 Å². The fourth-order valence-corrected chi connectivity index (χ4v) is 2.68. The van der Waals surface area contributed by atoms with E-state index in [0.717, 1.165) is 43.7 Å². The second kappa shape index (κ2) is 5.35. The van der Waals surface area contributed by atoms with Crippen LogP contribution in [-0.4, -0.2) is 28.5 Å². The largest absolute Gasteiger partial charge is 0.384 e. The number of carbonyl (C=O) groups is 1. The van der Waals surface area contributed by atoms with Crippen LogP contribution in [0.15, 0.2) is 0 Å². The first-order valence-corrected chi connectivity index (χ1v) is 6.69. The fourth-order valence-electron chi connectivity index (χ4n) is 2.68. The lowest BCUT2D eigenvalue weighted by molar-refractivity contribution is -0.127. The minimum atomic E-state index is 0.256. The van der Waals surface area contributed by atoms with E-state index in [-0.39, 0.29) is 5.91 Å². The number of nitriles is 1. The molecule has 102 valence electrons. The normalized spacial score (nSPS) is 15.0. The van der Waals surface area contributed by atoms with Gasteiger partial charge in [-0.15, -0.1) is 0 Å². The van der Waals surface area contributed by atoms with E-state index in [1.165, 1.54) is 0 Å². The van der Waals surface area contributed by atoms with E-state index in [1.807, 2.05) is 23.3 Å². The van der Waals surface area contributed by atoms with Gasteiger partial charge in [-0.2, -0.15) is 5.26 Å². The van der Waals surface area contributed by atoms with Gasteiger partial charge in [0.25, 0.3) is 0 Å². The Labute approximate surface area is 113 Å². The maximum Gasteiger partial charge on any atom is 0.222 e. The summed E-state index contributed by atoms with van der Waals surface area (Å²) in [6.07, 6.45) is 2.53. The minimum absolute atomic E-state index is 0.256. The van der Waals surface area contributed by atoms with Gasteiger partial charge in [0.2, 0.25) is 5.91 Å². The molecule has 1 aliphatic rings. The lowest BCUT2D eigenvalue weighted by atomic mass is 10.2. The molecule has 0 spiro atoms. The molecule has 0 aromatic carbocycles. The molecule has 1 aromatic heterocycles. The summed E-state index contributed by atoms with van der Waals surface area (Å²) < 4.78 is 1.98. The van der Waals surface area contributed by atoms with Gasteiger partial charge in [0.05, 0.1) is 5.56 Å². The van der Waals surface area contributed by atoms with Crippen molar-refractivity contribution >= 4 is 11.7 Å². The maximum absolute atomic E-state index is 11.5. The van der Waals surface area contributed by atoms with E-state index < -0.39 is 0 Å². The molecule has 0 bridgehead atoms. The zero-order valence-electron chi connectivity index (χ0n) is 11.6. The number of hydrogen-bond acceptors (Lipinski definition) is 3. The van der Waals surface area contributed by atoms with Crippen LogP contribution in [0.4, 0.5) is 5.82 Å². The second-order valence-corrected chi connectivity index (χ2v) is 5.07. The van der Waals surface area contributed by atoms with Crippen LogP contribution in [0.25, 0.3) is 0 Å². The average molecular weight is 260 g/mol. The Morgan fingerprint density at radius 2 is 2.11 bits per heavy atom. The third-order valence-corrected chi connectivity index (χ3v) is 3.96. The molecule has 0 radical (unpaired) electrons. The van der Waals surface area contributed by atoms with Gasteiger partial charge in [-0.3, -0.25) is 4.79 Å². The first-order valence-electron chi connectivity index (χ1n) is 6.69. The van der Waals surface area contributed by atoms with Gasteiger partial charge in [-0.1, -0.05) is 0 Å². The first-order chi connectivity index (χ1) is 9.06. The Balaban J connectivity index is 2.00. The average Bonchev–Trinajstić information content (AvgIpc) is 2.87. The quantitative estimate of drug-likeness (QED) is 0.892. The molecule has 19 heavy (non-hydrogen) atoms. The summed E-state index contributed by atoms with van der Waals surface area (Å²) in [5.74, 6) is 0.802. The van der Waals surface area contributed by atoms with Crippen molar-refractivity contribution in [3.63, 3.8) is 0 Å². The molecule has 1 fully saturated rings. The van der Waals surface area contributed by atoms with Crippen molar-refractivity contribution in [2.45, 2.75) is 39.7 Å². The van der Waals surface area contributed by atoms with Crippen molar-refractivity contribution in [2.24, 2.45) is 0 Å². The summed E-state index contributed by atoms with van der Waals surface area (Å²) in [6, 6.07) is 2.15. The summed E-state index contributed by atoms with van der Waals surface area (Å²) >= 11 is 0. The highest BCUT2D eigenvalue weighted by atomic mass is 16.2. The molecule has 1 saturated heterocycles. The zero-order chi connectivity index (χ0) is 14.0. The first kappa shape index (κ1) is 13.5. The van der Waals surface area contributed by atoms with Crippen LogP contribution in [0.5, 0.6) is 0 Å². The molecule has 2 N–H and O–H groups in total. The standard InChI is InChI=1S/C14H20N4O/c1-10-11(2)18(14(16)12(10)9-15)8-4-7-17-6-3-5-13(17)19/h3-8,16H2,1-2H3. The van der Waals surface area contributed by atoms with Crippen molar-refractivity contribution in [3.8, 4) is 6.07 Å². The van der Waals surface area contributed by atoms with Crippen LogP contribution < -0.4 is 5.73 Å². The molecular weight excluding hydrogens is 240 g/mol. The molecule has 0 atom stereocenters. The van der Waals surface area contributed by atoms with Gasteiger partial charge >= 0.3 is 0 Å². The zero-order valence-corrected chi connectivity index (χ0v) is 11.6. The third-order valence-electron chi connectivity index (χ3n) is 3.96. The summed E-state index contributed by atoms with van der Waals surface area (Å²) in [7, 11) is 0. The summed E-state index contributed by atoms with van der Waals surface area (Å²) in [4.78, 5) is 13.4. The number of likely N-dealkylation sites (tertiary alicyclic amines) is 1. The smallest absolute Gasteiger partial charge is 0.222 e. The fraction of sp³-hybridized carbons (Fsp3) is 0.571. The highest BCUT2D eigenvalue weighted by Gasteiger charge is 2.20. The number of hydrogen-bond donors (Lipinski definition) is 1. The Kier molecular flexibility index (Phi) is 3.79. The van der Waals surface area contributed by atoms with E-state index in [9.17, 15) is 4.79 Å². The number of aromatic nitrogens is 1. The topological polar surface area (TPSA) is 75.1 Å². The lowest BCUT2D eigenvalue weighted by Gasteiger charge is -2.16. The highest BCUT2D eigenvalue weighted by molar-refractivity contribution is 5.78. The molecule has 2 rings (SSSR count). The molecular formula is C14H20N4O. The van der Waals surface area contributed by atoms with Crippen LogP contribution in [0, 0.1) is 25.2 Å². The van der Waals surface area contributed by atoms with Crippen molar-refractivity contribution in [1.82, 2.24) is 9.47 Å². The predicted molar refractivity (Wildman–Crippen MR) is 73.5 cm³/mol. The van der Waals surface area contributed by atoms with Gasteiger partial charge in [0.15, 0.2) is 0 Å². The van der Waals surface area contributed by atoms with Crippen LogP contribution in [0.1, 0.15) is 36.1 Å². The minimum Gasteiger partial charge on any atom is -0.384 e. The molecule has 1 aliphatic heterocycles. The number of anilines is 1. The Morgan fingerprint density at radius 3 is 2.63 bits per heavy atom. The molecule has 0 aliphatic carbocycles. The van der Waals surface area contributed by atoms with Gasteiger partial charge in [-0.05, 0) is 32.3 Å². The second-order valence-electron chi connectivity index (χ2n) is 5.07. The molecule has 1 aromatic rings. The van der Waals surface area contributed by atoms with Crippen molar-refractivity contribution in [1.29, 1.82) is 5.26 Å². The van der Waals surface area contributed by atoms with Crippen LogP contribution in [0.3, 0.4) is 0 Å². The van der Waals surface area contributed by atoms with E-state index in [2.05, 4.69) is 6.07 Å². The SMILES string of the molecule is Cc1c(C#N)c(N)n(CCCN2CCCC2=O)c1C. The van der Waals surface area contributed by atoms with E-state index in [4.69, 9.17) is 11.0 Å². The number of nitrogen functional groups attached to an aromatic ring is 1. The lowest BCUT2D eigenvalue weighted by Crippen LogP contribution is -2.26. The number of amides is 1. The summed E-state index contributed by atoms with van der Waals surface area (Å²) in [6.45, 7) is 6.31. The van der Waals surface area contributed by atoms with E-state index in [1.54, 1.807) is 0 Å². The molecule has 0 unspecified atom stereocenters. The summed E-state index contributed by atoms with van der Waals surface area (Å²) in [5.41, 5.74) is 8.57. The Bertz CT molecular complexity index is 539. The van der Waals surface area contributed by atoms with Gasteiger partial charge in [0.1, 0.15) is 11.9 Å². The maximum atomic E-state index is 11.5. The third kappa shape index (κ3) is 2.43. The molecule has 5 nitrogen and oxygen atoms in total. The van der Waals surface area contributed by atoms with Crippen LogP contribution in [-0.2, 0) is 11.3 Å². The Hall–Kier alpha value is -1.96. The highest BCUT2D eigenvalue weighted by Crippen LogP contribution is 2.23. The van der Waals surface area contributed by atoms with Crippen LogP contribution >= 0.6 is 0 Å². The van der Waals surface area contributed by atoms with Gasteiger partial charge in [-0.25, -0.2) is 0 Å². The van der Waals surface area contributed by atoms with Crippen molar-refractivity contribution < 1.29 is 4.79 Å². The van der Waals surface area contributed by atoms with E-state index in [0.29, 0.717) is 17.8 Å². The van der Waals surface area contributed by atoms with Crippen molar-refractivity contribution in [3.05, 3.63) is 16.8 Å². The molecule has 5 heteroatoms. The molecule has 1 amide bonds. The number of nitrogens with zero attached hydrogens (tertiary/aromatic N) is 3. The number of rotatable bonds is 4. The Morgan fingerprint density at radius 1 is 1.37 bits per heavy atom. The monoisotopic (exact) mass is 260 g/mol. The predicted octanol–water partition coefficient (Wildman–Crippen LogP) is 1.57. The molecule has 0 saturated carbocycles. The molecule has 2 heterocycles. The van der Waals surface area contributed by atoms with Gasteiger partial charge in [0, 0.05) is 31.7 Å². The van der Waals surface area contributed by atoms with Crippen molar-refractivity contribution in [2.75, 3.05) is 18.8 Å². The van der Waals surface area contributed by atoms with E-state index >= 15 is 0 Å². The number of nitrogens with two attached hydrogens (primary N) is 1. The summed E-state index contributed by atoms with van der Waals surface area (Å²) in [5, 5.41) is 9.07.